The van der Waals surface area contributed by atoms with Crippen LogP contribution < -0.4 is 0 Å². The Bertz CT molecular complexity index is 955. The molecule has 3 aromatic carbocycles. The summed E-state index contributed by atoms with van der Waals surface area (Å²) in [4.78, 5) is 17.5. The summed E-state index contributed by atoms with van der Waals surface area (Å²) in [7, 11) is 0. The Kier molecular flexibility index (Phi) is 5.99. The number of benzene rings is 3. The van der Waals surface area contributed by atoms with Gasteiger partial charge < -0.3 is 5.11 Å². The molecule has 0 aliphatic carbocycles. The van der Waals surface area contributed by atoms with Crippen LogP contribution in [0.3, 0.4) is 0 Å². The van der Waals surface area contributed by atoms with Crippen molar-refractivity contribution in [2.75, 3.05) is 0 Å². The summed E-state index contributed by atoms with van der Waals surface area (Å²) in [6.07, 6.45) is 1.66. The molecular formula is C20H13Cl2NO2S. The Morgan fingerprint density at radius 2 is 1.54 bits per heavy atom. The van der Waals surface area contributed by atoms with E-state index >= 15 is 0 Å². The van der Waals surface area contributed by atoms with Gasteiger partial charge in [0.05, 0.1) is 16.3 Å². The van der Waals surface area contributed by atoms with Gasteiger partial charge in [0.25, 0.3) is 0 Å². The van der Waals surface area contributed by atoms with Crippen LogP contribution in [0.1, 0.15) is 15.9 Å². The minimum Gasteiger partial charge on any atom is -0.478 e. The lowest BCUT2D eigenvalue weighted by molar-refractivity contribution is 0.0697. The molecule has 1 N–H and O–H groups in total. The van der Waals surface area contributed by atoms with E-state index in [1.165, 1.54) is 18.2 Å². The maximum absolute atomic E-state index is 11.0. The second kappa shape index (κ2) is 8.41. The lowest BCUT2D eigenvalue weighted by atomic mass is 10.2. The molecule has 0 heterocycles. The lowest BCUT2D eigenvalue weighted by Crippen LogP contribution is -1.95. The number of carboxylic acid groups (broad SMARTS) is 1. The predicted molar refractivity (Wildman–Crippen MR) is 108 cm³/mol. The zero-order chi connectivity index (χ0) is 18.5. The minimum atomic E-state index is -1.01. The van der Waals surface area contributed by atoms with Gasteiger partial charge in [-0.15, -0.1) is 0 Å². The third kappa shape index (κ3) is 4.88. The first-order chi connectivity index (χ1) is 12.5. The Labute approximate surface area is 165 Å². The summed E-state index contributed by atoms with van der Waals surface area (Å²) in [5, 5.41) is 10.2. The predicted octanol–water partition coefficient (Wildman–Crippen LogP) is 6.59. The fraction of sp³-hybridized carbons (Fsp3) is 0. The Hall–Kier alpha value is -2.27. The van der Waals surface area contributed by atoms with Crippen molar-refractivity contribution in [1.29, 1.82) is 0 Å². The van der Waals surface area contributed by atoms with Gasteiger partial charge in [-0.2, -0.15) is 0 Å². The first-order valence-electron chi connectivity index (χ1n) is 7.62. The molecule has 0 aliphatic heterocycles. The monoisotopic (exact) mass is 401 g/mol. The van der Waals surface area contributed by atoms with Crippen molar-refractivity contribution in [3.63, 3.8) is 0 Å². The molecule has 0 bridgehead atoms. The highest BCUT2D eigenvalue weighted by molar-refractivity contribution is 7.99. The maximum atomic E-state index is 11.0. The summed E-state index contributed by atoms with van der Waals surface area (Å²) < 4.78 is 0. The van der Waals surface area contributed by atoms with Gasteiger partial charge in [-0.25, -0.2) is 4.79 Å². The van der Waals surface area contributed by atoms with Crippen LogP contribution in [0.15, 0.2) is 81.5 Å². The van der Waals surface area contributed by atoms with Crippen LogP contribution in [-0.4, -0.2) is 17.3 Å². The van der Waals surface area contributed by atoms with Crippen molar-refractivity contribution >= 4 is 52.8 Å². The molecule has 0 saturated heterocycles. The molecule has 0 amide bonds. The summed E-state index contributed by atoms with van der Waals surface area (Å²) >= 11 is 13.6. The number of carbonyl (C=O) groups is 1. The van der Waals surface area contributed by atoms with E-state index in [0.717, 1.165) is 15.4 Å². The summed E-state index contributed by atoms with van der Waals surface area (Å²) in [6.45, 7) is 0. The Morgan fingerprint density at radius 3 is 2.15 bits per heavy atom. The van der Waals surface area contributed by atoms with Crippen molar-refractivity contribution in [2.45, 2.75) is 9.79 Å². The van der Waals surface area contributed by atoms with Crippen molar-refractivity contribution in [2.24, 2.45) is 4.99 Å². The molecular weight excluding hydrogens is 389 g/mol. The van der Waals surface area contributed by atoms with Crippen LogP contribution in [0.25, 0.3) is 0 Å². The van der Waals surface area contributed by atoms with E-state index in [-0.39, 0.29) is 5.56 Å². The molecule has 0 unspecified atom stereocenters. The highest BCUT2D eigenvalue weighted by Crippen LogP contribution is 2.29. The van der Waals surface area contributed by atoms with Gasteiger partial charge in [0, 0.05) is 21.0 Å². The van der Waals surface area contributed by atoms with E-state index in [9.17, 15) is 4.79 Å². The van der Waals surface area contributed by atoms with Gasteiger partial charge in [0.2, 0.25) is 0 Å². The van der Waals surface area contributed by atoms with E-state index in [1.54, 1.807) is 18.0 Å². The highest BCUT2D eigenvalue weighted by atomic mass is 35.5. The minimum absolute atomic E-state index is 0.149. The van der Waals surface area contributed by atoms with E-state index < -0.39 is 5.97 Å². The van der Waals surface area contributed by atoms with Gasteiger partial charge in [-0.1, -0.05) is 47.1 Å². The topological polar surface area (TPSA) is 49.7 Å². The van der Waals surface area contributed by atoms with Crippen LogP contribution in [0.4, 0.5) is 5.69 Å². The first-order valence-corrected chi connectivity index (χ1v) is 9.19. The lowest BCUT2D eigenvalue weighted by Gasteiger charge is -2.03. The third-order valence-corrected chi connectivity index (χ3v) is 5.06. The SMILES string of the molecule is O=C(O)c1ccc(Cl)c(N=Cc2ccc(Sc3ccc(Cl)cc3)cc2)c1. The number of aliphatic imine (C=N–C) groups is 1. The smallest absolute Gasteiger partial charge is 0.335 e. The van der Waals surface area contributed by atoms with Gasteiger partial charge in [0.1, 0.15) is 0 Å². The van der Waals surface area contributed by atoms with Gasteiger partial charge >= 0.3 is 5.97 Å². The zero-order valence-corrected chi connectivity index (χ0v) is 15.7. The average molecular weight is 402 g/mol. The zero-order valence-electron chi connectivity index (χ0n) is 13.4. The fourth-order valence-electron chi connectivity index (χ4n) is 2.15. The van der Waals surface area contributed by atoms with Crippen LogP contribution in [0, 0.1) is 0 Å². The highest BCUT2D eigenvalue weighted by Gasteiger charge is 2.06. The molecule has 0 radical (unpaired) electrons. The molecule has 130 valence electrons. The molecule has 3 aromatic rings. The van der Waals surface area contributed by atoms with Crippen LogP contribution in [0.5, 0.6) is 0 Å². The number of rotatable bonds is 5. The standard InChI is InChI=1S/C20H13Cl2NO2S/c21-15-4-8-17(9-5-15)26-16-6-1-13(2-7-16)12-23-19-11-14(20(24)25)3-10-18(19)22/h1-12H,(H,24,25). The van der Waals surface area contributed by atoms with Crippen LogP contribution in [-0.2, 0) is 0 Å². The van der Waals surface area contributed by atoms with E-state index in [4.69, 9.17) is 28.3 Å². The van der Waals surface area contributed by atoms with E-state index in [1.807, 2.05) is 48.5 Å². The number of nitrogens with zero attached hydrogens (tertiary/aromatic N) is 1. The average Bonchev–Trinajstić information content (AvgIpc) is 2.64. The molecule has 0 atom stereocenters. The molecule has 0 aromatic heterocycles. The van der Waals surface area contributed by atoms with E-state index in [0.29, 0.717) is 15.7 Å². The van der Waals surface area contributed by atoms with Crippen molar-refractivity contribution < 1.29 is 9.90 Å². The van der Waals surface area contributed by atoms with Gasteiger partial charge in [-0.05, 0) is 60.2 Å². The Balaban J connectivity index is 1.73. The number of carboxylic acids is 1. The number of hydrogen-bond acceptors (Lipinski definition) is 3. The number of hydrogen-bond donors (Lipinski definition) is 1. The largest absolute Gasteiger partial charge is 0.478 e. The number of halogens is 2. The molecule has 0 fully saturated rings. The summed E-state index contributed by atoms with van der Waals surface area (Å²) in [5.74, 6) is -1.01. The second-order valence-electron chi connectivity index (χ2n) is 5.35. The van der Waals surface area contributed by atoms with Crippen molar-refractivity contribution in [3.05, 3.63) is 87.9 Å². The normalized spacial score (nSPS) is 11.0. The second-order valence-corrected chi connectivity index (χ2v) is 7.35. The molecule has 6 heteroatoms. The van der Waals surface area contributed by atoms with Crippen LogP contribution in [0.2, 0.25) is 10.0 Å². The van der Waals surface area contributed by atoms with Crippen molar-refractivity contribution in [3.8, 4) is 0 Å². The molecule has 0 saturated carbocycles. The molecule has 3 nitrogen and oxygen atoms in total. The van der Waals surface area contributed by atoms with Crippen molar-refractivity contribution in [1.82, 2.24) is 0 Å². The maximum Gasteiger partial charge on any atom is 0.335 e. The van der Waals surface area contributed by atoms with Crippen LogP contribution >= 0.6 is 35.0 Å². The fourth-order valence-corrected chi connectivity index (χ4v) is 3.26. The van der Waals surface area contributed by atoms with Gasteiger partial charge in [-0.3, -0.25) is 4.99 Å². The first kappa shape index (κ1) is 18.5. The molecule has 26 heavy (non-hydrogen) atoms. The quantitative estimate of drug-likeness (QED) is 0.490. The molecule has 0 spiro atoms. The number of aromatic carboxylic acids is 1. The Morgan fingerprint density at radius 1 is 0.923 bits per heavy atom. The summed E-state index contributed by atoms with van der Waals surface area (Å²) in [5.41, 5.74) is 1.46. The summed E-state index contributed by atoms with van der Waals surface area (Å²) in [6, 6.07) is 20.0. The molecule has 3 rings (SSSR count). The molecule has 0 aliphatic rings. The van der Waals surface area contributed by atoms with E-state index in [2.05, 4.69) is 4.99 Å². The van der Waals surface area contributed by atoms with Gasteiger partial charge in [0.15, 0.2) is 0 Å². The third-order valence-electron chi connectivity index (χ3n) is 3.48.